The molecule has 0 aliphatic heterocycles. The lowest BCUT2D eigenvalue weighted by Crippen LogP contribution is -2.09. The van der Waals surface area contributed by atoms with Crippen LogP contribution in [0, 0.1) is 5.53 Å². The predicted molar refractivity (Wildman–Crippen MR) is 85.7 cm³/mol. The predicted octanol–water partition coefficient (Wildman–Crippen LogP) is 4.86. The van der Waals surface area contributed by atoms with Crippen LogP contribution < -0.4 is 5.73 Å². The Kier molecular flexibility index (Phi) is 26.1. The van der Waals surface area contributed by atoms with Crippen LogP contribution >= 0.6 is 0 Å². The molecule has 0 aromatic heterocycles. The molecule has 0 saturated carbocycles. The summed E-state index contributed by atoms with van der Waals surface area (Å²) in [6.07, 6.45) is 3.54. The van der Waals surface area contributed by atoms with Gasteiger partial charge in [0.25, 0.3) is 6.72 Å². The Morgan fingerprint density at radius 1 is 1.16 bits per heavy atom. The number of unbranched alkanes of at least 4 members (excludes halogenated alkanes) is 1. The van der Waals surface area contributed by atoms with E-state index in [0.29, 0.717) is 0 Å². The van der Waals surface area contributed by atoms with E-state index in [0.717, 1.165) is 6.42 Å². The molecular weight excluding hydrogens is 234 g/mol. The summed E-state index contributed by atoms with van der Waals surface area (Å²) in [6.45, 7) is 13.0. The highest BCUT2D eigenvalue weighted by Crippen LogP contribution is 2.15. The first-order valence-corrected chi connectivity index (χ1v) is 7.19. The van der Waals surface area contributed by atoms with Crippen LogP contribution in [0.3, 0.4) is 0 Å². The molecule has 19 heavy (non-hydrogen) atoms. The Bertz CT molecular complexity index is 277. The van der Waals surface area contributed by atoms with Crippen LogP contribution in [0.4, 0.5) is 0 Å². The van der Waals surface area contributed by atoms with Gasteiger partial charge in [0.05, 0.1) is 5.53 Å². The second-order valence-corrected chi connectivity index (χ2v) is 3.32. The molecule has 0 heterocycles. The number of nitrogens with two attached hydrogens (primary N) is 1. The van der Waals surface area contributed by atoms with Crippen LogP contribution in [-0.4, -0.2) is 11.5 Å². The number of benzene rings is 1. The molecule has 0 aliphatic carbocycles. The molecule has 0 fully saturated rings. The van der Waals surface area contributed by atoms with Crippen molar-refractivity contribution in [3.05, 3.63) is 35.9 Å². The van der Waals surface area contributed by atoms with E-state index in [4.69, 9.17) is 11.3 Å². The van der Waals surface area contributed by atoms with Crippen molar-refractivity contribution in [2.45, 2.75) is 59.9 Å². The van der Waals surface area contributed by atoms with E-state index in [1.165, 1.54) is 18.4 Å². The third-order valence-corrected chi connectivity index (χ3v) is 2.10. The van der Waals surface area contributed by atoms with Gasteiger partial charge in [0.15, 0.2) is 0 Å². The van der Waals surface area contributed by atoms with Crippen LogP contribution in [0.2, 0.25) is 0 Å². The lowest BCUT2D eigenvalue weighted by Gasteiger charge is -2.10. The first-order valence-electron chi connectivity index (χ1n) is 7.19. The van der Waals surface area contributed by atoms with Crippen LogP contribution in [0.5, 0.6) is 0 Å². The molecule has 3 nitrogen and oxygen atoms in total. The Morgan fingerprint density at radius 3 is 1.95 bits per heavy atom. The fourth-order valence-corrected chi connectivity index (χ4v) is 1.29. The largest absolute Gasteiger partial charge is 0.324 e. The van der Waals surface area contributed by atoms with E-state index in [-0.39, 0.29) is 6.04 Å². The summed E-state index contributed by atoms with van der Waals surface area (Å²) in [7, 11) is 0. The molecule has 1 atom stereocenters. The minimum absolute atomic E-state index is 0.228. The Labute approximate surface area is 119 Å². The highest BCUT2D eigenvalue weighted by Gasteiger charge is 2.02. The SMILES string of the molecule is C=[N+]=N.CC.CC.CCCCC(N)c1ccccc1. The van der Waals surface area contributed by atoms with E-state index >= 15 is 0 Å². The van der Waals surface area contributed by atoms with Crippen molar-refractivity contribution in [2.24, 2.45) is 5.73 Å². The minimum Gasteiger partial charge on any atom is -0.324 e. The molecule has 0 spiro atoms. The molecule has 3 N–H and O–H groups in total. The standard InChI is InChI=1S/C11H17N.2C2H6.CH3N2/c1-2-3-9-11(12)10-7-5-4-6-8-10;2*1-2;1-3-2/h4-8,11H,2-3,9,12H2,1H3;2*1-2H3;2H,1H2/q;;;+1. The summed E-state index contributed by atoms with van der Waals surface area (Å²) in [4.78, 5) is 2.50. The van der Waals surface area contributed by atoms with Crippen molar-refractivity contribution in [1.82, 2.24) is 0 Å². The van der Waals surface area contributed by atoms with Crippen molar-refractivity contribution >= 4 is 6.72 Å². The van der Waals surface area contributed by atoms with Crippen molar-refractivity contribution < 1.29 is 4.79 Å². The van der Waals surface area contributed by atoms with E-state index in [1.54, 1.807) is 0 Å². The normalized spacial score (nSPS) is 9.16. The third kappa shape index (κ3) is 16.6. The number of rotatable bonds is 4. The van der Waals surface area contributed by atoms with E-state index < -0.39 is 0 Å². The van der Waals surface area contributed by atoms with Gasteiger partial charge in [-0.1, -0.05) is 77.8 Å². The zero-order valence-electron chi connectivity index (χ0n) is 13.3. The molecule has 0 amide bonds. The quantitative estimate of drug-likeness (QED) is 0.456. The van der Waals surface area contributed by atoms with Crippen LogP contribution in [0.1, 0.15) is 65.5 Å². The highest BCUT2D eigenvalue weighted by atomic mass is 14.8. The molecule has 3 heteroatoms. The number of hydrogen-bond donors (Lipinski definition) is 2. The van der Waals surface area contributed by atoms with Gasteiger partial charge in [-0.2, -0.15) is 0 Å². The zero-order chi connectivity index (χ0) is 15.5. The Hall–Kier alpha value is -1.44. The second-order valence-electron chi connectivity index (χ2n) is 3.32. The minimum atomic E-state index is 0.228. The van der Waals surface area contributed by atoms with Crippen LogP contribution in [0.25, 0.3) is 0 Å². The summed E-state index contributed by atoms with van der Waals surface area (Å²) in [5.41, 5.74) is 13.0. The van der Waals surface area contributed by atoms with Gasteiger partial charge < -0.3 is 5.73 Å². The molecule has 1 aromatic rings. The van der Waals surface area contributed by atoms with Crippen molar-refractivity contribution in [2.75, 3.05) is 0 Å². The van der Waals surface area contributed by atoms with Crippen molar-refractivity contribution in [3.8, 4) is 0 Å². The fourth-order valence-electron chi connectivity index (χ4n) is 1.29. The number of nitrogens with zero attached hydrogens (tertiary/aromatic N) is 1. The fraction of sp³-hybridized carbons (Fsp3) is 0.562. The summed E-state index contributed by atoms with van der Waals surface area (Å²) >= 11 is 0. The van der Waals surface area contributed by atoms with Gasteiger partial charge in [-0.15, -0.1) is 0 Å². The Balaban J connectivity index is -0.000000313. The maximum atomic E-state index is 5.98. The number of hydrogen-bond acceptors (Lipinski definition) is 2. The highest BCUT2D eigenvalue weighted by molar-refractivity contribution is 5.18. The van der Waals surface area contributed by atoms with Gasteiger partial charge in [0.1, 0.15) is 0 Å². The van der Waals surface area contributed by atoms with Gasteiger partial charge in [-0.25, -0.2) is 0 Å². The van der Waals surface area contributed by atoms with Gasteiger partial charge in [0, 0.05) is 10.8 Å². The lowest BCUT2D eigenvalue weighted by molar-refractivity contribution is -0.106. The third-order valence-electron chi connectivity index (χ3n) is 2.10. The molecule has 0 aliphatic rings. The van der Waals surface area contributed by atoms with Gasteiger partial charge >= 0.3 is 0 Å². The summed E-state index contributed by atoms with van der Waals surface area (Å²) < 4.78 is 0. The first kappa shape index (κ1) is 22.7. The van der Waals surface area contributed by atoms with Crippen LogP contribution in [0.15, 0.2) is 30.3 Å². The van der Waals surface area contributed by atoms with Crippen molar-refractivity contribution in [3.63, 3.8) is 0 Å². The monoisotopic (exact) mass is 266 g/mol. The molecule has 1 unspecified atom stereocenters. The van der Waals surface area contributed by atoms with Gasteiger partial charge in [-0.3, -0.25) is 0 Å². The smallest absolute Gasteiger partial charge is 0.295 e. The summed E-state index contributed by atoms with van der Waals surface area (Å²) in [6, 6.07) is 10.5. The molecular formula is C16H32N3+. The van der Waals surface area contributed by atoms with Crippen LogP contribution in [-0.2, 0) is 0 Å². The van der Waals surface area contributed by atoms with E-state index in [1.807, 2.05) is 45.9 Å². The lowest BCUT2D eigenvalue weighted by atomic mass is 10.0. The topological polar surface area (TPSA) is 64.0 Å². The molecule has 0 saturated heterocycles. The van der Waals surface area contributed by atoms with Gasteiger partial charge in [0.2, 0.25) is 0 Å². The molecule has 0 radical (unpaired) electrons. The Morgan fingerprint density at radius 2 is 1.58 bits per heavy atom. The molecule has 1 rings (SSSR count). The zero-order valence-corrected chi connectivity index (χ0v) is 13.3. The van der Waals surface area contributed by atoms with Crippen molar-refractivity contribution in [1.29, 1.82) is 5.53 Å². The molecule has 0 bridgehead atoms. The maximum absolute atomic E-state index is 5.98. The number of nitrogens with one attached hydrogen (secondary N) is 1. The van der Waals surface area contributed by atoms with E-state index in [2.05, 4.69) is 30.6 Å². The van der Waals surface area contributed by atoms with E-state index in [9.17, 15) is 0 Å². The summed E-state index contributed by atoms with van der Waals surface area (Å²) in [5.74, 6) is 0. The van der Waals surface area contributed by atoms with Gasteiger partial charge in [-0.05, 0) is 12.0 Å². The second kappa shape index (κ2) is 21.8. The summed E-state index contributed by atoms with van der Waals surface area (Å²) in [5, 5.41) is 0. The first-order chi connectivity index (χ1) is 9.26. The average molecular weight is 266 g/mol. The molecule has 110 valence electrons. The average Bonchev–Trinajstić information content (AvgIpc) is 2.50. The maximum Gasteiger partial charge on any atom is 0.295 e. The molecule has 1 aromatic carbocycles.